The number of halogens is 1. The Morgan fingerprint density at radius 2 is 2.09 bits per heavy atom. The Morgan fingerprint density at radius 3 is 2.70 bits per heavy atom. The Morgan fingerprint density at radius 1 is 1.35 bits per heavy atom. The number of hydrogen-bond donors (Lipinski definition) is 1. The van der Waals surface area contributed by atoms with Gasteiger partial charge in [0.05, 0.1) is 20.7 Å². The molecule has 0 radical (unpaired) electrons. The highest BCUT2D eigenvalue weighted by molar-refractivity contribution is 9.11. The van der Waals surface area contributed by atoms with Gasteiger partial charge in [-0.15, -0.1) is 11.3 Å². The average Bonchev–Trinajstić information content (AvgIpc) is 3.10. The monoisotopic (exact) mass is 400 g/mol. The number of rotatable bonds is 2. The number of carbonyl (C=O) groups excluding carboxylic acids is 2. The van der Waals surface area contributed by atoms with E-state index in [0.29, 0.717) is 4.88 Å². The summed E-state index contributed by atoms with van der Waals surface area (Å²) in [5.74, 6) is -0.0672. The van der Waals surface area contributed by atoms with Crippen molar-refractivity contribution in [2.24, 2.45) is 0 Å². The van der Waals surface area contributed by atoms with Crippen LogP contribution in [0.1, 0.15) is 49.7 Å². The zero-order valence-corrected chi connectivity index (χ0v) is 15.9. The highest BCUT2D eigenvalue weighted by Gasteiger charge is 2.50. The largest absolute Gasteiger partial charge is 0.444 e. The number of carbonyl (C=O) groups is 2. The smallest absolute Gasteiger partial charge is 0.410 e. The van der Waals surface area contributed by atoms with Crippen LogP contribution in [0.2, 0.25) is 0 Å². The van der Waals surface area contributed by atoms with E-state index >= 15 is 0 Å². The quantitative estimate of drug-likeness (QED) is 0.821. The van der Waals surface area contributed by atoms with Gasteiger partial charge in [0.15, 0.2) is 0 Å². The lowest BCUT2D eigenvalue weighted by Crippen LogP contribution is -2.46. The highest BCUT2D eigenvalue weighted by Crippen LogP contribution is 2.39. The second kappa shape index (κ2) is 6.09. The second-order valence-corrected chi connectivity index (χ2v) is 9.57. The summed E-state index contributed by atoms with van der Waals surface area (Å²) in [6, 6.07) is 3.91. The first kappa shape index (κ1) is 16.8. The Labute approximate surface area is 148 Å². The fourth-order valence-electron chi connectivity index (χ4n) is 3.42. The summed E-state index contributed by atoms with van der Waals surface area (Å²) in [7, 11) is 0. The molecule has 2 saturated heterocycles. The Balaban J connectivity index is 1.65. The van der Waals surface area contributed by atoms with Crippen LogP contribution < -0.4 is 5.32 Å². The van der Waals surface area contributed by atoms with E-state index in [-0.39, 0.29) is 30.1 Å². The number of ether oxygens (including phenoxy) is 1. The first-order chi connectivity index (χ1) is 10.7. The van der Waals surface area contributed by atoms with Gasteiger partial charge < -0.3 is 15.0 Å². The Bertz CT molecular complexity index is 625. The van der Waals surface area contributed by atoms with Crippen LogP contribution in [-0.4, -0.2) is 40.6 Å². The minimum atomic E-state index is -0.499. The van der Waals surface area contributed by atoms with Gasteiger partial charge in [0.2, 0.25) is 0 Å². The third kappa shape index (κ3) is 3.55. The number of nitrogens with one attached hydrogen (secondary N) is 1. The Kier molecular flexibility index (Phi) is 4.44. The molecule has 23 heavy (non-hydrogen) atoms. The predicted molar refractivity (Wildman–Crippen MR) is 92.8 cm³/mol. The summed E-state index contributed by atoms with van der Waals surface area (Å²) >= 11 is 4.78. The molecule has 0 saturated carbocycles. The molecule has 1 aromatic heterocycles. The molecule has 2 amide bonds. The van der Waals surface area contributed by atoms with Gasteiger partial charge in [-0.2, -0.15) is 0 Å². The third-order valence-electron chi connectivity index (χ3n) is 4.25. The molecule has 2 aliphatic rings. The molecule has 5 nitrogen and oxygen atoms in total. The van der Waals surface area contributed by atoms with Crippen LogP contribution >= 0.6 is 27.3 Å². The SMILES string of the molecule is CC(C)(C)OC(=O)N1[C@@H]2CC[C@H]1[C@H](NC(=O)c1ccc(Br)s1)C2. The molecule has 0 spiro atoms. The van der Waals surface area contributed by atoms with Crippen LogP contribution in [0, 0.1) is 0 Å². The lowest BCUT2D eigenvalue weighted by molar-refractivity contribution is 0.0209. The van der Waals surface area contributed by atoms with Crippen LogP contribution in [0.15, 0.2) is 15.9 Å². The van der Waals surface area contributed by atoms with Gasteiger partial charge in [-0.3, -0.25) is 4.79 Å². The average molecular weight is 401 g/mol. The molecule has 2 aliphatic heterocycles. The fourth-order valence-corrected chi connectivity index (χ4v) is 4.71. The standard InChI is InChI=1S/C16H21BrN2O3S/c1-16(2,3)22-15(21)19-9-4-5-11(19)10(8-9)18-14(20)12-6-7-13(17)23-12/h6-7,9-11H,4-5,8H2,1-3H3,(H,18,20)/t9-,10-,11+/m1/s1. The highest BCUT2D eigenvalue weighted by atomic mass is 79.9. The number of fused-ring (bicyclic) bond motifs is 2. The number of hydrogen-bond acceptors (Lipinski definition) is 4. The molecule has 2 fully saturated rings. The van der Waals surface area contributed by atoms with E-state index in [0.717, 1.165) is 23.0 Å². The maximum atomic E-state index is 12.4. The summed E-state index contributed by atoms with van der Waals surface area (Å²) in [5.41, 5.74) is -0.499. The summed E-state index contributed by atoms with van der Waals surface area (Å²) in [6.07, 6.45) is 2.45. The first-order valence-corrected chi connectivity index (χ1v) is 9.43. The van der Waals surface area contributed by atoms with Gasteiger partial charge in [0.1, 0.15) is 5.60 Å². The molecule has 1 aromatic rings. The van der Waals surface area contributed by atoms with Crippen LogP contribution in [0.4, 0.5) is 4.79 Å². The van der Waals surface area contributed by atoms with Gasteiger partial charge in [0, 0.05) is 6.04 Å². The molecule has 2 bridgehead atoms. The predicted octanol–water partition coefficient (Wildman–Crippen LogP) is 3.78. The molecular formula is C16H21BrN2O3S. The van der Waals surface area contributed by atoms with Crippen molar-refractivity contribution in [1.82, 2.24) is 10.2 Å². The van der Waals surface area contributed by atoms with Gasteiger partial charge >= 0.3 is 6.09 Å². The van der Waals surface area contributed by atoms with E-state index in [9.17, 15) is 9.59 Å². The first-order valence-electron chi connectivity index (χ1n) is 7.82. The molecule has 126 valence electrons. The van der Waals surface area contributed by atoms with E-state index in [1.54, 1.807) is 0 Å². The topological polar surface area (TPSA) is 58.6 Å². The van der Waals surface area contributed by atoms with Crippen molar-refractivity contribution in [3.8, 4) is 0 Å². The maximum Gasteiger partial charge on any atom is 0.410 e. The van der Waals surface area contributed by atoms with E-state index in [4.69, 9.17) is 4.74 Å². The molecular weight excluding hydrogens is 380 g/mol. The summed E-state index contributed by atoms with van der Waals surface area (Å²) in [6.45, 7) is 5.62. The zero-order chi connectivity index (χ0) is 16.8. The van der Waals surface area contributed by atoms with Crippen LogP contribution in [0.5, 0.6) is 0 Å². The summed E-state index contributed by atoms with van der Waals surface area (Å²) < 4.78 is 6.45. The normalized spacial score (nSPS) is 26.4. The van der Waals surface area contributed by atoms with E-state index in [2.05, 4.69) is 21.2 Å². The van der Waals surface area contributed by atoms with Crippen molar-refractivity contribution in [3.63, 3.8) is 0 Å². The molecule has 3 heterocycles. The summed E-state index contributed by atoms with van der Waals surface area (Å²) in [5, 5.41) is 3.09. The third-order valence-corrected chi connectivity index (χ3v) is 5.88. The molecule has 1 N–H and O–H groups in total. The lowest BCUT2D eigenvalue weighted by Gasteiger charge is -2.28. The zero-order valence-electron chi connectivity index (χ0n) is 13.5. The number of nitrogens with zero attached hydrogens (tertiary/aromatic N) is 1. The van der Waals surface area contributed by atoms with Gasteiger partial charge in [-0.1, -0.05) is 0 Å². The van der Waals surface area contributed by atoms with Gasteiger partial charge in [0.25, 0.3) is 5.91 Å². The molecule has 0 unspecified atom stereocenters. The minimum absolute atomic E-state index is 0.00893. The molecule has 0 aromatic carbocycles. The minimum Gasteiger partial charge on any atom is -0.444 e. The van der Waals surface area contributed by atoms with Crippen molar-refractivity contribution in [2.45, 2.75) is 63.8 Å². The van der Waals surface area contributed by atoms with Crippen molar-refractivity contribution in [1.29, 1.82) is 0 Å². The Hall–Kier alpha value is -1.08. The van der Waals surface area contributed by atoms with Crippen molar-refractivity contribution >= 4 is 39.3 Å². The number of thiophene rings is 1. The van der Waals surface area contributed by atoms with Gasteiger partial charge in [-0.25, -0.2) is 4.79 Å². The van der Waals surface area contributed by atoms with Crippen molar-refractivity contribution < 1.29 is 14.3 Å². The fraction of sp³-hybridized carbons (Fsp3) is 0.625. The van der Waals surface area contributed by atoms with Crippen LogP contribution in [0.25, 0.3) is 0 Å². The van der Waals surface area contributed by atoms with E-state index in [1.165, 1.54) is 11.3 Å². The van der Waals surface area contributed by atoms with Crippen LogP contribution in [0.3, 0.4) is 0 Å². The van der Waals surface area contributed by atoms with Crippen LogP contribution in [-0.2, 0) is 4.74 Å². The maximum absolute atomic E-state index is 12.4. The molecule has 3 rings (SSSR count). The number of amides is 2. The molecule has 7 heteroatoms. The molecule has 3 atom stereocenters. The van der Waals surface area contributed by atoms with Crippen molar-refractivity contribution in [3.05, 3.63) is 20.8 Å². The van der Waals surface area contributed by atoms with E-state index in [1.807, 2.05) is 37.8 Å². The summed E-state index contributed by atoms with van der Waals surface area (Å²) in [4.78, 5) is 27.3. The lowest BCUT2D eigenvalue weighted by atomic mass is 9.95. The van der Waals surface area contributed by atoms with E-state index < -0.39 is 5.60 Å². The van der Waals surface area contributed by atoms with Crippen molar-refractivity contribution in [2.75, 3.05) is 0 Å². The van der Waals surface area contributed by atoms with Gasteiger partial charge in [-0.05, 0) is 68.1 Å². The second-order valence-electron chi connectivity index (χ2n) is 7.11. The molecule has 0 aliphatic carbocycles.